The van der Waals surface area contributed by atoms with E-state index in [2.05, 4.69) is 0 Å². The molecule has 2 rings (SSSR count). The highest BCUT2D eigenvalue weighted by Crippen LogP contribution is 2.14. The summed E-state index contributed by atoms with van der Waals surface area (Å²) < 4.78 is 23.6. The van der Waals surface area contributed by atoms with E-state index in [1.807, 2.05) is 0 Å². The van der Waals surface area contributed by atoms with Crippen molar-refractivity contribution >= 4 is 5.78 Å². The second-order valence-electron chi connectivity index (χ2n) is 4.23. The lowest BCUT2D eigenvalue weighted by Crippen LogP contribution is -2.09. The first-order valence-electron chi connectivity index (χ1n) is 6.27. The number of halogens is 1. The van der Waals surface area contributed by atoms with Crippen LogP contribution in [0.15, 0.2) is 48.5 Å². The fraction of sp³-hybridized carbons (Fsp3) is 0.188. The van der Waals surface area contributed by atoms with Gasteiger partial charge in [0.1, 0.15) is 30.5 Å². The highest BCUT2D eigenvalue weighted by Gasteiger charge is 2.01. The third-order valence-corrected chi connectivity index (χ3v) is 2.67. The largest absolute Gasteiger partial charge is 0.490 e. The minimum Gasteiger partial charge on any atom is -0.490 e. The summed E-state index contributed by atoms with van der Waals surface area (Å²) in [6, 6.07) is 12.8. The highest BCUT2D eigenvalue weighted by molar-refractivity contribution is 5.94. The number of ether oxygens (including phenoxy) is 2. The Morgan fingerprint density at radius 1 is 1.00 bits per heavy atom. The molecule has 0 amide bonds. The molecule has 2 aromatic carbocycles. The average Bonchev–Trinajstić information content (AvgIpc) is 2.46. The molecule has 0 heterocycles. The maximum Gasteiger partial charge on any atom is 0.159 e. The lowest BCUT2D eigenvalue weighted by Gasteiger charge is -2.09. The molecule has 0 fully saturated rings. The van der Waals surface area contributed by atoms with Gasteiger partial charge < -0.3 is 9.47 Å². The monoisotopic (exact) mass is 274 g/mol. The topological polar surface area (TPSA) is 35.5 Å². The van der Waals surface area contributed by atoms with Gasteiger partial charge in [-0.3, -0.25) is 4.79 Å². The van der Waals surface area contributed by atoms with Gasteiger partial charge in [0.15, 0.2) is 5.78 Å². The van der Waals surface area contributed by atoms with Crippen molar-refractivity contribution in [3.05, 3.63) is 59.9 Å². The zero-order valence-electron chi connectivity index (χ0n) is 11.1. The van der Waals surface area contributed by atoms with Crippen LogP contribution in [-0.4, -0.2) is 19.0 Å². The van der Waals surface area contributed by atoms with Crippen molar-refractivity contribution in [2.24, 2.45) is 0 Å². The Morgan fingerprint density at radius 2 is 1.65 bits per heavy atom. The molecule has 0 saturated carbocycles. The summed E-state index contributed by atoms with van der Waals surface area (Å²) in [4.78, 5) is 11.2. The van der Waals surface area contributed by atoms with E-state index in [-0.39, 0.29) is 11.6 Å². The van der Waals surface area contributed by atoms with Crippen LogP contribution in [0.4, 0.5) is 4.39 Å². The van der Waals surface area contributed by atoms with Gasteiger partial charge >= 0.3 is 0 Å². The Morgan fingerprint density at radius 3 is 2.30 bits per heavy atom. The molecule has 0 aromatic heterocycles. The zero-order chi connectivity index (χ0) is 14.4. The first kappa shape index (κ1) is 14.1. The van der Waals surface area contributed by atoms with Crippen LogP contribution in [0.5, 0.6) is 11.5 Å². The van der Waals surface area contributed by atoms with Crippen LogP contribution >= 0.6 is 0 Å². The third kappa shape index (κ3) is 4.09. The van der Waals surface area contributed by atoms with Crippen molar-refractivity contribution in [2.45, 2.75) is 6.92 Å². The molecule has 0 spiro atoms. The normalized spacial score (nSPS) is 10.1. The van der Waals surface area contributed by atoms with Crippen LogP contribution in [0, 0.1) is 5.82 Å². The predicted octanol–water partition coefficient (Wildman–Crippen LogP) is 3.49. The quantitative estimate of drug-likeness (QED) is 0.597. The number of carbonyl (C=O) groups excluding carboxylic acids is 1. The summed E-state index contributed by atoms with van der Waals surface area (Å²) in [6.45, 7) is 2.20. The van der Waals surface area contributed by atoms with Gasteiger partial charge in [0.05, 0.1) is 0 Å². The van der Waals surface area contributed by atoms with Gasteiger partial charge in [-0.15, -0.1) is 0 Å². The molecule has 0 saturated heterocycles. The molecule has 2 aromatic rings. The summed E-state index contributed by atoms with van der Waals surface area (Å²) >= 11 is 0. The number of carbonyl (C=O) groups is 1. The molecular formula is C16H15FO3. The molecule has 0 aliphatic carbocycles. The van der Waals surface area contributed by atoms with Crippen molar-refractivity contribution in [3.8, 4) is 11.5 Å². The lowest BCUT2D eigenvalue weighted by atomic mass is 10.1. The van der Waals surface area contributed by atoms with Crippen LogP contribution in [0.3, 0.4) is 0 Å². The Balaban J connectivity index is 1.79. The smallest absolute Gasteiger partial charge is 0.159 e. The van der Waals surface area contributed by atoms with Crippen LogP contribution in [0.1, 0.15) is 17.3 Å². The summed E-state index contributed by atoms with van der Waals surface area (Å²) in [7, 11) is 0. The fourth-order valence-electron chi connectivity index (χ4n) is 1.65. The van der Waals surface area contributed by atoms with Gasteiger partial charge in [0, 0.05) is 5.56 Å². The van der Waals surface area contributed by atoms with Crippen molar-refractivity contribution in [1.29, 1.82) is 0 Å². The molecule has 0 unspecified atom stereocenters. The Kier molecular flexibility index (Phi) is 4.71. The first-order valence-corrected chi connectivity index (χ1v) is 6.27. The van der Waals surface area contributed by atoms with E-state index in [0.29, 0.717) is 30.3 Å². The SMILES string of the molecule is CC(=O)c1cccc(OCCOc2ccc(F)cc2)c1. The second kappa shape index (κ2) is 6.70. The van der Waals surface area contributed by atoms with E-state index in [9.17, 15) is 9.18 Å². The summed E-state index contributed by atoms with van der Waals surface area (Å²) in [5.41, 5.74) is 0.613. The van der Waals surface area contributed by atoms with Gasteiger partial charge in [-0.1, -0.05) is 12.1 Å². The molecular weight excluding hydrogens is 259 g/mol. The minimum absolute atomic E-state index is 0.00184. The number of ketones is 1. The minimum atomic E-state index is -0.297. The van der Waals surface area contributed by atoms with E-state index < -0.39 is 0 Å². The maximum atomic E-state index is 12.7. The van der Waals surface area contributed by atoms with Gasteiger partial charge in [0.2, 0.25) is 0 Å². The molecule has 0 radical (unpaired) electrons. The summed E-state index contributed by atoms with van der Waals surface area (Å²) in [5.74, 6) is 0.917. The highest BCUT2D eigenvalue weighted by atomic mass is 19.1. The fourth-order valence-corrected chi connectivity index (χ4v) is 1.65. The number of rotatable bonds is 6. The average molecular weight is 274 g/mol. The van der Waals surface area contributed by atoms with Crippen molar-refractivity contribution in [2.75, 3.05) is 13.2 Å². The summed E-state index contributed by atoms with van der Waals surface area (Å²) in [6.07, 6.45) is 0. The molecule has 0 atom stereocenters. The number of benzene rings is 2. The summed E-state index contributed by atoms with van der Waals surface area (Å²) in [5, 5.41) is 0. The maximum absolute atomic E-state index is 12.7. The molecule has 0 N–H and O–H groups in total. The number of Topliss-reactive ketones (excluding diaryl/α,β-unsaturated/α-hetero) is 1. The van der Waals surface area contributed by atoms with E-state index in [0.717, 1.165) is 0 Å². The molecule has 0 bridgehead atoms. The van der Waals surface area contributed by atoms with Crippen LogP contribution in [0.2, 0.25) is 0 Å². The number of hydrogen-bond acceptors (Lipinski definition) is 3. The Labute approximate surface area is 117 Å². The van der Waals surface area contributed by atoms with Gasteiger partial charge in [0.25, 0.3) is 0 Å². The second-order valence-corrected chi connectivity index (χ2v) is 4.23. The van der Waals surface area contributed by atoms with Crippen molar-refractivity contribution in [1.82, 2.24) is 0 Å². The van der Waals surface area contributed by atoms with Gasteiger partial charge in [-0.05, 0) is 43.3 Å². The standard InChI is InChI=1S/C16H15FO3/c1-12(18)13-3-2-4-16(11-13)20-10-9-19-15-7-5-14(17)6-8-15/h2-8,11H,9-10H2,1H3. The Bertz CT molecular complexity index is 579. The van der Waals surface area contributed by atoms with Crippen molar-refractivity contribution < 1.29 is 18.7 Å². The van der Waals surface area contributed by atoms with Crippen LogP contribution < -0.4 is 9.47 Å². The molecule has 0 aliphatic rings. The van der Waals surface area contributed by atoms with Gasteiger partial charge in [-0.2, -0.15) is 0 Å². The van der Waals surface area contributed by atoms with E-state index in [4.69, 9.17) is 9.47 Å². The molecule has 4 heteroatoms. The predicted molar refractivity (Wildman–Crippen MR) is 73.8 cm³/mol. The van der Waals surface area contributed by atoms with Crippen molar-refractivity contribution in [3.63, 3.8) is 0 Å². The van der Waals surface area contributed by atoms with Crippen LogP contribution in [0.25, 0.3) is 0 Å². The number of hydrogen-bond donors (Lipinski definition) is 0. The molecule has 104 valence electrons. The van der Waals surface area contributed by atoms with E-state index in [1.54, 1.807) is 36.4 Å². The zero-order valence-corrected chi connectivity index (χ0v) is 11.1. The Hall–Kier alpha value is -2.36. The lowest BCUT2D eigenvalue weighted by molar-refractivity contribution is 0.101. The van der Waals surface area contributed by atoms with Crippen LogP contribution in [-0.2, 0) is 0 Å². The van der Waals surface area contributed by atoms with E-state index >= 15 is 0 Å². The van der Waals surface area contributed by atoms with E-state index in [1.165, 1.54) is 19.1 Å². The molecule has 20 heavy (non-hydrogen) atoms. The third-order valence-electron chi connectivity index (χ3n) is 2.67. The molecule has 3 nitrogen and oxygen atoms in total. The molecule has 0 aliphatic heterocycles. The van der Waals surface area contributed by atoms with Gasteiger partial charge in [-0.25, -0.2) is 4.39 Å². The first-order chi connectivity index (χ1) is 9.65.